The van der Waals surface area contributed by atoms with Gasteiger partial charge in [0.2, 0.25) is 0 Å². The molecule has 46 heavy (non-hydrogen) atoms. The molecule has 0 aliphatic heterocycles. The van der Waals surface area contributed by atoms with Crippen molar-refractivity contribution in [1.82, 2.24) is 0 Å². The van der Waals surface area contributed by atoms with Crippen molar-refractivity contribution in [3.05, 3.63) is 133 Å². The zero-order valence-electron chi connectivity index (χ0n) is 25.2. The van der Waals surface area contributed by atoms with Crippen LogP contribution in [0.3, 0.4) is 0 Å². The number of fused-ring (bicyclic) bond motifs is 2. The van der Waals surface area contributed by atoms with Gasteiger partial charge in [-0.25, -0.2) is 0 Å². The van der Waals surface area contributed by atoms with Gasteiger partial charge in [0.1, 0.15) is 17.6 Å². The van der Waals surface area contributed by atoms with Crippen LogP contribution in [0.1, 0.15) is 0 Å². The minimum atomic E-state index is 0.252. The molecule has 0 aliphatic carbocycles. The van der Waals surface area contributed by atoms with Crippen molar-refractivity contribution in [3.8, 4) is 33.8 Å². The largest absolute Gasteiger partial charge is 0.507 e. The normalized spacial score (nSPS) is 9.54. The molecule has 6 rings (SSSR count). The van der Waals surface area contributed by atoms with Crippen LogP contribution in [0.15, 0.2) is 133 Å². The molecule has 0 aromatic heterocycles. The zero-order valence-corrected chi connectivity index (χ0v) is 30.0. The minimum absolute atomic E-state index is 0.252. The lowest BCUT2D eigenvalue weighted by Gasteiger charge is -2.12. The Kier molecular flexibility index (Phi) is 19.6. The van der Waals surface area contributed by atoms with E-state index in [1.807, 2.05) is 78.9 Å². The highest BCUT2D eigenvalue weighted by Gasteiger charge is 2.09. The molecular weight excluding hydrogens is 692 g/mol. The van der Waals surface area contributed by atoms with Crippen LogP contribution < -0.4 is 4.74 Å². The number of methoxy groups -OCH3 is 2. The van der Waals surface area contributed by atoms with Crippen molar-refractivity contribution in [1.29, 1.82) is 0 Å². The average Bonchev–Trinajstić information content (AvgIpc) is 3.12. The number of phenols is 1. The minimum Gasteiger partial charge on any atom is -0.507 e. The standard InChI is InChI=1S/C18H16O2.C16H12O.C2H5ClO.S3.S2/c1-19-13-20-17-12-6-10-15-9-5-11-16(18(15)17)14-7-3-2-4-8-14;17-15-11-5-9-13-8-4-10-14(16(13)15)12-6-2-1-3-7-12;1-4-2-3;1-3-2;1-2/h2-12H,13H2,1H3;1-11,17H;2H2,1H3;;. The highest BCUT2D eigenvalue weighted by Crippen LogP contribution is 2.36. The molecule has 0 fully saturated rings. The summed E-state index contributed by atoms with van der Waals surface area (Å²) >= 11 is 20.5. The third kappa shape index (κ3) is 11.8. The second-order valence-corrected chi connectivity index (χ2v) is 11.1. The smallest absolute Gasteiger partial charge is 0.188 e. The molecule has 1 N–H and O–H groups in total. The van der Waals surface area contributed by atoms with Gasteiger partial charge < -0.3 is 19.3 Å². The van der Waals surface area contributed by atoms with Gasteiger partial charge in [0.15, 0.2) is 6.79 Å². The van der Waals surface area contributed by atoms with Crippen LogP contribution in [0, 0.1) is 0 Å². The molecule has 6 aromatic rings. The number of phenolic OH excluding ortho intramolecular Hbond substituents is 1. The summed E-state index contributed by atoms with van der Waals surface area (Å²) < 4.78 is 15.0. The maximum atomic E-state index is 10.0. The fraction of sp³-hybridized carbons (Fsp3) is 0.111. The Bertz CT molecular complexity index is 1770. The summed E-state index contributed by atoms with van der Waals surface area (Å²) in [6.45, 7) is 0.252. The van der Waals surface area contributed by atoms with Gasteiger partial charge >= 0.3 is 0 Å². The van der Waals surface area contributed by atoms with Gasteiger partial charge in [-0.1, -0.05) is 133 Å². The van der Waals surface area contributed by atoms with Crippen molar-refractivity contribution in [2.75, 3.05) is 27.1 Å². The molecule has 0 spiro atoms. The number of alkyl halides is 1. The Morgan fingerprint density at radius 2 is 1.00 bits per heavy atom. The van der Waals surface area contributed by atoms with E-state index >= 15 is 0 Å². The first-order chi connectivity index (χ1) is 22.6. The molecule has 0 bridgehead atoms. The molecule has 0 heterocycles. The van der Waals surface area contributed by atoms with Crippen LogP contribution in [-0.2, 0) is 63.1 Å². The topological polar surface area (TPSA) is 47.9 Å². The first-order valence-corrected chi connectivity index (χ1v) is 18.2. The number of halogens is 1. The molecule has 0 saturated heterocycles. The van der Waals surface area contributed by atoms with E-state index < -0.39 is 0 Å². The second kappa shape index (κ2) is 23.1. The fourth-order valence-corrected chi connectivity index (χ4v) is 4.59. The summed E-state index contributed by atoms with van der Waals surface area (Å²) in [7, 11) is 4.09. The predicted molar refractivity (Wildman–Crippen MR) is 207 cm³/mol. The molecule has 0 unspecified atom stereocenters. The van der Waals surface area contributed by atoms with Crippen LogP contribution >= 0.6 is 11.6 Å². The maximum Gasteiger partial charge on any atom is 0.188 e. The van der Waals surface area contributed by atoms with Crippen LogP contribution in [0.25, 0.3) is 43.8 Å². The number of rotatable bonds is 6. The molecule has 0 amide bonds. The quantitative estimate of drug-likeness (QED) is 0.135. The van der Waals surface area contributed by atoms with Gasteiger partial charge in [-0.3, -0.25) is 0 Å². The lowest BCUT2D eigenvalue weighted by Crippen LogP contribution is -1.99. The monoisotopic (exact) mass is 724 g/mol. The second-order valence-electron chi connectivity index (χ2n) is 9.09. The zero-order chi connectivity index (χ0) is 33.6. The first-order valence-electron chi connectivity index (χ1n) is 13.7. The molecule has 0 atom stereocenters. The number of hydrogen-bond donors (Lipinski definition) is 1. The highest BCUT2D eigenvalue weighted by atomic mass is 35.5. The van der Waals surface area contributed by atoms with Gasteiger partial charge in [0, 0.05) is 78.6 Å². The van der Waals surface area contributed by atoms with E-state index in [0.717, 1.165) is 41.9 Å². The van der Waals surface area contributed by atoms with E-state index in [1.54, 1.807) is 20.3 Å². The average molecular weight is 725 g/mol. The van der Waals surface area contributed by atoms with Gasteiger partial charge in [-0.15, -0.1) is 0 Å². The number of aromatic hydroxyl groups is 1. The molecule has 0 aliphatic rings. The molecule has 4 nitrogen and oxygen atoms in total. The van der Waals surface area contributed by atoms with Gasteiger partial charge in [0.25, 0.3) is 0 Å². The summed E-state index contributed by atoms with van der Waals surface area (Å²) in [6.07, 6.45) is 0. The summed E-state index contributed by atoms with van der Waals surface area (Å²) in [4.78, 5) is 0. The van der Waals surface area contributed by atoms with Gasteiger partial charge in [-0.2, -0.15) is 0 Å². The Hall–Kier alpha value is -3.25. The molecule has 238 valence electrons. The van der Waals surface area contributed by atoms with E-state index in [4.69, 9.17) is 21.1 Å². The molecular formula is C36H33ClO4S5. The third-order valence-electron chi connectivity index (χ3n) is 6.36. The van der Waals surface area contributed by atoms with Crippen molar-refractivity contribution in [3.63, 3.8) is 0 Å². The molecule has 6 aromatic carbocycles. The van der Waals surface area contributed by atoms with Crippen LogP contribution in [0.2, 0.25) is 0 Å². The molecule has 0 radical (unpaired) electrons. The highest BCUT2D eigenvalue weighted by molar-refractivity contribution is 8.37. The first kappa shape index (κ1) is 38.9. The van der Waals surface area contributed by atoms with Crippen molar-refractivity contribution in [2.45, 2.75) is 0 Å². The number of ether oxygens (including phenoxy) is 3. The van der Waals surface area contributed by atoms with Crippen LogP contribution in [-0.4, -0.2) is 32.2 Å². The summed E-state index contributed by atoms with van der Waals surface area (Å²) in [5.41, 5.74) is 4.56. The third-order valence-corrected chi connectivity index (χ3v) is 6.58. The Morgan fingerprint density at radius 1 is 0.587 bits per heavy atom. The van der Waals surface area contributed by atoms with E-state index in [-0.39, 0.29) is 6.79 Å². The van der Waals surface area contributed by atoms with E-state index in [2.05, 4.69) is 98.0 Å². The van der Waals surface area contributed by atoms with E-state index in [1.165, 1.54) is 16.5 Å². The SMILES string of the molecule is COCCl.COCOc1cccc2cccc(-c3ccccc3)c12.Oc1cccc2cccc(-c3ccccc3)c12.S=S.S=S=S. The van der Waals surface area contributed by atoms with Gasteiger partial charge in [0.05, 0.1) is 0 Å². The van der Waals surface area contributed by atoms with Crippen LogP contribution in [0.5, 0.6) is 11.5 Å². The predicted octanol–water partition coefficient (Wildman–Crippen LogP) is 9.52. The van der Waals surface area contributed by atoms with Gasteiger partial charge in [-0.05, 0) is 45.2 Å². The van der Waals surface area contributed by atoms with E-state index in [0.29, 0.717) is 11.8 Å². The number of hydrogen-bond acceptors (Lipinski definition) is 8. The maximum absolute atomic E-state index is 10.0. The van der Waals surface area contributed by atoms with Crippen molar-refractivity contribution in [2.24, 2.45) is 0 Å². The fourth-order valence-electron chi connectivity index (χ4n) is 4.59. The molecule has 10 heteroatoms. The van der Waals surface area contributed by atoms with Crippen molar-refractivity contribution >= 4 is 86.8 Å². The van der Waals surface area contributed by atoms with E-state index in [9.17, 15) is 5.11 Å². The summed E-state index contributed by atoms with van der Waals surface area (Å²) in [5, 5.41) is 14.3. The summed E-state index contributed by atoms with van der Waals surface area (Å²) in [5.74, 6) is 1.19. The lowest BCUT2D eigenvalue weighted by molar-refractivity contribution is 0.0522. The number of benzene rings is 6. The Morgan fingerprint density at radius 3 is 1.46 bits per heavy atom. The Labute approximate surface area is 298 Å². The molecule has 0 saturated carbocycles. The summed E-state index contributed by atoms with van der Waals surface area (Å²) in [6, 6.07) is 44.8. The Balaban J connectivity index is 0.000000257. The lowest BCUT2D eigenvalue weighted by atomic mass is 9.98. The van der Waals surface area contributed by atoms with Crippen molar-refractivity contribution < 1.29 is 19.3 Å². The van der Waals surface area contributed by atoms with Crippen LogP contribution in [0.4, 0.5) is 0 Å².